The summed E-state index contributed by atoms with van der Waals surface area (Å²) in [5, 5.41) is 16.1. The average Bonchev–Trinajstić information content (AvgIpc) is 3.45. The summed E-state index contributed by atoms with van der Waals surface area (Å²) in [7, 11) is -1.56. The molecule has 0 aliphatic carbocycles. The molecule has 1 aliphatic heterocycles. The molecule has 16 heteroatoms. The molecule has 208 valence electrons. The van der Waals surface area contributed by atoms with Crippen LogP contribution in [0.3, 0.4) is 0 Å². The van der Waals surface area contributed by atoms with Gasteiger partial charge in [0.25, 0.3) is 0 Å². The zero-order chi connectivity index (χ0) is 28.4. The van der Waals surface area contributed by atoms with Crippen LogP contribution in [0.4, 0.5) is 16.2 Å². The van der Waals surface area contributed by atoms with Crippen LogP contribution in [0.25, 0.3) is 11.2 Å². The first-order chi connectivity index (χ1) is 18.5. The summed E-state index contributed by atoms with van der Waals surface area (Å²) in [5.41, 5.74) is 3.35. The number of aliphatic hydroxyl groups excluding tert-OH is 1. The van der Waals surface area contributed by atoms with Crippen molar-refractivity contribution in [3.05, 3.63) is 36.7 Å². The zero-order valence-electron chi connectivity index (χ0n) is 21.1. The molecule has 1 saturated heterocycles. The van der Waals surface area contributed by atoms with Gasteiger partial charge in [0.2, 0.25) is 11.6 Å². The molecular weight excluding hydrogens is 536 g/mol. The van der Waals surface area contributed by atoms with E-state index in [1.54, 1.807) is 25.2 Å². The normalized spacial score (nSPS) is 25.0. The Morgan fingerprint density at radius 1 is 1.41 bits per heavy atom. The maximum absolute atomic E-state index is 16.1. The number of rotatable bonds is 10. The van der Waals surface area contributed by atoms with E-state index in [4.69, 9.17) is 25.9 Å². The maximum atomic E-state index is 16.1. The molecule has 5 N–H and O–H groups in total. The number of alkyl halides is 1. The molecule has 39 heavy (non-hydrogen) atoms. The number of halogens is 1. The van der Waals surface area contributed by atoms with Crippen molar-refractivity contribution in [1.29, 1.82) is 0 Å². The van der Waals surface area contributed by atoms with Gasteiger partial charge in [-0.15, -0.1) is 6.42 Å². The lowest BCUT2D eigenvalue weighted by Gasteiger charge is -2.24. The molecule has 1 unspecified atom stereocenters. The van der Waals surface area contributed by atoms with Gasteiger partial charge in [0.15, 0.2) is 23.2 Å². The van der Waals surface area contributed by atoms with E-state index in [0.717, 1.165) is 7.11 Å². The Kier molecular flexibility index (Phi) is 8.05. The monoisotopic (exact) mass is 563 g/mol. The number of aliphatic hydroxyl groups is 1. The van der Waals surface area contributed by atoms with Crippen molar-refractivity contribution in [2.24, 2.45) is 0 Å². The van der Waals surface area contributed by atoms with Crippen LogP contribution in [-0.2, 0) is 23.4 Å². The molecule has 4 rings (SSSR count). The lowest BCUT2D eigenvalue weighted by molar-refractivity contribution is -0.142. The lowest BCUT2D eigenvalue weighted by Crippen LogP contribution is -2.42. The number of aromatic nitrogens is 4. The fourth-order valence-electron chi connectivity index (χ4n) is 3.94. The number of nitrogens with zero attached hydrogens (tertiary/aromatic N) is 4. The van der Waals surface area contributed by atoms with Gasteiger partial charge in [-0.2, -0.15) is 15.1 Å². The highest BCUT2D eigenvalue weighted by molar-refractivity contribution is 7.52. The minimum Gasteiger partial charge on any atom is -0.468 e. The summed E-state index contributed by atoms with van der Waals surface area (Å²) in [6, 6.07) is 6.89. The van der Waals surface area contributed by atoms with Crippen molar-refractivity contribution < 1.29 is 37.4 Å². The molecule has 0 saturated carbocycles. The Hall–Kier alpha value is -3.80. The molecule has 0 amide bonds. The second-order valence-corrected chi connectivity index (χ2v) is 10.2. The SMILES string of the molecule is C#C[C@@]1(F)[C@H](O)[C@@H](COP(=O)(N[C@@H](C)C(=O)OC)Oc2ccccc2)O[C@H]1n1cnc2c(NC)nc(N)nc21. The van der Waals surface area contributed by atoms with Gasteiger partial charge in [0.1, 0.15) is 24.0 Å². The van der Waals surface area contributed by atoms with E-state index in [1.807, 2.05) is 5.92 Å². The highest BCUT2D eigenvalue weighted by Crippen LogP contribution is 2.48. The Morgan fingerprint density at radius 2 is 2.13 bits per heavy atom. The number of hydrogen-bond acceptors (Lipinski definition) is 12. The molecule has 3 aromatic rings. The van der Waals surface area contributed by atoms with E-state index in [2.05, 4.69) is 30.1 Å². The maximum Gasteiger partial charge on any atom is 0.459 e. The molecule has 0 radical (unpaired) electrons. The van der Waals surface area contributed by atoms with Crippen molar-refractivity contribution in [3.63, 3.8) is 0 Å². The highest BCUT2D eigenvalue weighted by atomic mass is 31.2. The highest BCUT2D eigenvalue weighted by Gasteiger charge is 2.58. The minimum absolute atomic E-state index is 0.0922. The summed E-state index contributed by atoms with van der Waals surface area (Å²) < 4.78 is 52.3. The van der Waals surface area contributed by atoms with Gasteiger partial charge < -0.3 is 30.2 Å². The molecule has 2 aromatic heterocycles. The second kappa shape index (κ2) is 11.1. The van der Waals surface area contributed by atoms with Crippen molar-refractivity contribution >= 4 is 36.6 Å². The quantitative estimate of drug-likeness (QED) is 0.158. The standard InChI is InChI=1S/C23H27FN7O7P/c1-5-23(24)17(32)15(37-21(23)31-12-27-16-18(26-3)28-22(25)29-19(16)31)11-36-39(34,30-13(2)20(33)35-4)38-14-9-7-6-8-10-14/h1,6-10,12-13,15,17,21,32H,11H2,2-4H3,(H,30,34)(H3,25,26,28,29)/t13-,15+,17+,21+,23+,39?/m0/s1. The van der Waals surface area contributed by atoms with E-state index >= 15 is 4.39 Å². The fraction of sp³-hybridized carbons (Fsp3) is 0.391. The van der Waals surface area contributed by atoms with Crippen molar-refractivity contribution in [3.8, 4) is 18.1 Å². The Morgan fingerprint density at radius 3 is 2.77 bits per heavy atom. The average molecular weight is 563 g/mol. The van der Waals surface area contributed by atoms with Gasteiger partial charge in [-0.25, -0.2) is 13.9 Å². The predicted molar refractivity (Wildman–Crippen MR) is 137 cm³/mol. The third kappa shape index (κ3) is 5.51. The van der Waals surface area contributed by atoms with E-state index in [-0.39, 0.29) is 28.7 Å². The molecule has 0 bridgehead atoms. The number of anilines is 2. The number of carbonyl (C=O) groups excluding carboxylic acids is 1. The first-order valence-corrected chi connectivity index (χ1v) is 13.1. The minimum atomic E-state index is -4.31. The number of terminal acetylenes is 1. The van der Waals surface area contributed by atoms with Crippen LogP contribution in [0, 0.1) is 12.3 Å². The van der Waals surface area contributed by atoms with Crippen LogP contribution < -0.4 is 20.7 Å². The van der Waals surface area contributed by atoms with Crippen LogP contribution in [0.2, 0.25) is 0 Å². The molecular formula is C23H27FN7O7P. The number of ether oxygens (including phenoxy) is 2. The third-order valence-corrected chi connectivity index (χ3v) is 7.52. The molecule has 1 aliphatic rings. The van der Waals surface area contributed by atoms with Crippen LogP contribution in [0.1, 0.15) is 13.2 Å². The Labute approximate surface area is 222 Å². The largest absolute Gasteiger partial charge is 0.468 e. The van der Waals surface area contributed by atoms with E-state index in [0.29, 0.717) is 0 Å². The summed E-state index contributed by atoms with van der Waals surface area (Å²) in [5.74, 6) is 1.52. The van der Waals surface area contributed by atoms with Gasteiger partial charge in [-0.05, 0) is 19.1 Å². The fourth-order valence-corrected chi connectivity index (χ4v) is 5.44. The third-order valence-electron chi connectivity index (χ3n) is 5.88. The number of nitrogens with one attached hydrogen (secondary N) is 2. The number of methoxy groups -OCH3 is 1. The molecule has 14 nitrogen and oxygen atoms in total. The van der Waals surface area contributed by atoms with Gasteiger partial charge in [-0.3, -0.25) is 13.9 Å². The van der Waals surface area contributed by atoms with Gasteiger partial charge in [-0.1, -0.05) is 24.1 Å². The number of fused-ring (bicyclic) bond motifs is 1. The Balaban J connectivity index is 1.61. The first kappa shape index (κ1) is 28.2. The van der Waals surface area contributed by atoms with Crippen LogP contribution in [0.15, 0.2) is 36.7 Å². The summed E-state index contributed by atoms with van der Waals surface area (Å²) in [4.78, 5) is 24.3. The summed E-state index contributed by atoms with van der Waals surface area (Å²) in [6.07, 6.45) is 1.73. The summed E-state index contributed by atoms with van der Waals surface area (Å²) >= 11 is 0. The van der Waals surface area contributed by atoms with E-state index < -0.39 is 50.5 Å². The summed E-state index contributed by atoms with van der Waals surface area (Å²) in [6.45, 7) is 0.733. The van der Waals surface area contributed by atoms with E-state index in [1.165, 1.54) is 30.0 Å². The number of nitrogens with two attached hydrogens (primary N) is 1. The van der Waals surface area contributed by atoms with Crippen molar-refractivity contribution in [2.45, 2.75) is 37.1 Å². The topological polar surface area (TPSA) is 185 Å². The van der Waals surface area contributed by atoms with Crippen LogP contribution >= 0.6 is 7.75 Å². The lowest BCUT2D eigenvalue weighted by atomic mass is 9.97. The number of carbonyl (C=O) groups is 1. The number of esters is 1. The molecule has 6 atom stereocenters. The number of benzene rings is 1. The second-order valence-electron chi connectivity index (χ2n) is 8.46. The molecule has 1 aromatic carbocycles. The van der Waals surface area contributed by atoms with Crippen LogP contribution in [0.5, 0.6) is 5.75 Å². The van der Waals surface area contributed by atoms with Gasteiger partial charge in [0.05, 0.1) is 20.0 Å². The first-order valence-electron chi connectivity index (χ1n) is 11.6. The van der Waals surface area contributed by atoms with E-state index in [9.17, 15) is 14.5 Å². The van der Waals surface area contributed by atoms with Gasteiger partial charge >= 0.3 is 13.7 Å². The Bertz CT molecular complexity index is 1440. The number of hydrogen-bond donors (Lipinski definition) is 4. The van der Waals surface area contributed by atoms with Crippen LogP contribution in [-0.4, -0.2) is 75.3 Å². The smallest absolute Gasteiger partial charge is 0.459 e. The predicted octanol–water partition coefficient (Wildman–Crippen LogP) is 1.40. The van der Waals surface area contributed by atoms with Crippen molar-refractivity contribution in [2.75, 3.05) is 31.8 Å². The molecule has 0 spiro atoms. The molecule has 1 fully saturated rings. The number of para-hydroxylation sites is 1. The van der Waals surface area contributed by atoms with Crippen molar-refractivity contribution in [1.82, 2.24) is 24.6 Å². The number of nitrogen functional groups attached to an aromatic ring is 1. The van der Waals surface area contributed by atoms with Gasteiger partial charge in [0, 0.05) is 7.05 Å². The number of imidazole rings is 1. The molecule has 3 heterocycles. The zero-order valence-corrected chi connectivity index (χ0v) is 22.0.